The van der Waals surface area contributed by atoms with Crippen LogP contribution in [0.2, 0.25) is 5.15 Å². The van der Waals surface area contributed by atoms with Crippen molar-refractivity contribution in [2.75, 3.05) is 6.26 Å². The molecule has 0 aromatic carbocycles. The number of imidazole rings is 1. The quantitative estimate of drug-likeness (QED) is 0.756. The van der Waals surface area contributed by atoms with Gasteiger partial charge in [0, 0.05) is 12.7 Å². The van der Waals surface area contributed by atoms with Crippen LogP contribution in [0.3, 0.4) is 0 Å². The molecule has 4 heteroatoms. The van der Waals surface area contributed by atoms with Gasteiger partial charge in [0.05, 0.1) is 5.75 Å². The molecule has 74 valence electrons. The molecule has 0 radical (unpaired) electrons. The van der Waals surface area contributed by atoms with Gasteiger partial charge in [-0.25, -0.2) is 4.98 Å². The van der Waals surface area contributed by atoms with E-state index in [1.165, 1.54) is 12.8 Å². The van der Waals surface area contributed by atoms with Crippen molar-refractivity contribution >= 4 is 23.4 Å². The summed E-state index contributed by atoms with van der Waals surface area (Å²) in [5, 5.41) is 0.611. The summed E-state index contributed by atoms with van der Waals surface area (Å²) in [6.45, 7) is 3.22. The van der Waals surface area contributed by atoms with Crippen LogP contribution in [-0.2, 0) is 12.3 Å². The summed E-state index contributed by atoms with van der Waals surface area (Å²) >= 11 is 7.61. The third-order valence-corrected chi connectivity index (χ3v) is 2.58. The maximum Gasteiger partial charge on any atom is 0.147 e. The standard InChI is InChI=1S/C9H15ClN2S/c1-3-4-5-12-6-8(10)11-9(12)7-13-2/h6H,3-5,7H2,1-2H3. The molecule has 2 nitrogen and oxygen atoms in total. The highest BCUT2D eigenvalue weighted by Crippen LogP contribution is 2.14. The molecule has 0 aliphatic carbocycles. The fourth-order valence-electron chi connectivity index (χ4n) is 1.19. The number of thioether (sulfide) groups is 1. The van der Waals surface area contributed by atoms with Crippen molar-refractivity contribution in [1.82, 2.24) is 9.55 Å². The summed E-state index contributed by atoms with van der Waals surface area (Å²) < 4.78 is 2.16. The summed E-state index contributed by atoms with van der Waals surface area (Å²) in [7, 11) is 0. The van der Waals surface area contributed by atoms with Crippen LogP contribution in [0, 0.1) is 0 Å². The molecule has 0 atom stereocenters. The van der Waals surface area contributed by atoms with Crippen molar-refractivity contribution in [3.8, 4) is 0 Å². The van der Waals surface area contributed by atoms with Crippen LogP contribution in [0.5, 0.6) is 0 Å². The average molecular weight is 219 g/mol. The van der Waals surface area contributed by atoms with Crippen molar-refractivity contribution < 1.29 is 0 Å². The van der Waals surface area contributed by atoms with Gasteiger partial charge >= 0.3 is 0 Å². The molecule has 0 aliphatic rings. The summed E-state index contributed by atoms with van der Waals surface area (Å²) in [6.07, 6.45) is 6.39. The Morgan fingerprint density at radius 3 is 3.00 bits per heavy atom. The normalized spacial score (nSPS) is 10.7. The van der Waals surface area contributed by atoms with Gasteiger partial charge in [-0.3, -0.25) is 0 Å². The van der Waals surface area contributed by atoms with Crippen molar-refractivity contribution in [2.24, 2.45) is 0 Å². The molecule has 1 aromatic rings. The van der Waals surface area contributed by atoms with E-state index >= 15 is 0 Å². The zero-order valence-electron chi connectivity index (χ0n) is 8.09. The monoisotopic (exact) mass is 218 g/mol. The Morgan fingerprint density at radius 1 is 1.62 bits per heavy atom. The van der Waals surface area contributed by atoms with Gasteiger partial charge < -0.3 is 4.57 Å². The molecule has 13 heavy (non-hydrogen) atoms. The molecule has 0 saturated carbocycles. The Labute approximate surface area is 88.7 Å². The second kappa shape index (κ2) is 5.55. The predicted molar refractivity (Wildman–Crippen MR) is 59.4 cm³/mol. The van der Waals surface area contributed by atoms with Gasteiger partial charge in [0.15, 0.2) is 0 Å². The van der Waals surface area contributed by atoms with Crippen LogP contribution in [-0.4, -0.2) is 15.8 Å². The third kappa shape index (κ3) is 3.24. The Hall–Kier alpha value is -0.150. The number of halogens is 1. The number of hydrogen-bond donors (Lipinski definition) is 0. The largest absolute Gasteiger partial charge is 0.333 e. The van der Waals surface area contributed by atoms with Crippen molar-refractivity contribution in [1.29, 1.82) is 0 Å². The summed E-state index contributed by atoms with van der Waals surface area (Å²) in [4.78, 5) is 4.26. The van der Waals surface area contributed by atoms with Gasteiger partial charge in [0.25, 0.3) is 0 Å². The minimum atomic E-state index is 0.611. The summed E-state index contributed by atoms with van der Waals surface area (Å²) in [5.74, 6) is 2.03. The van der Waals surface area contributed by atoms with E-state index in [0.29, 0.717) is 5.15 Å². The Bertz CT molecular complexity index is 260. The molecular weight excluding hydrogens is 204 g/mol. The smallest absolute Gasteiger partial charge is 0.147 e. The number of rotatable bonds is 5. The molecule has 0 unspecified atom stereocenters. The van der Waals surface area contributed by atoms with Crippen molar-refractivity contribution in [3.63, 3.8) is 0 Å². The number of hydrogen-bond acceptors (Lipinski definition) is 2. The maximum atomic E-state index is 5.84. The first-order valence-corrected chi connectivity index (χ1v) is 6.25. The summed E-state index contributed by atoms with van der Waals surface area (Å²) in [6, 6.07) is 0. The van der Waals surface area contributed by atoms with Crippen LogP contribution in [0.4, 0.5) is 0 Å². The predicted octanol–water partition coefficient (Wildman–Crippen LogP) is 3.20. The molecule has 0 N–H and O–H groups in total. The average Bonchev–Trinajstić information content (AvgIpc) is 2.44. The van der Waals surface area contributed by atoms with E-state index < -0.39 is 0 Å². The number of unbranched alkanes of at least 4 members (excludes halogenated alkanes) is 1. The molecule has 0 spiro atoms. The zero-order chi connectivity index (χ0) is 9.68. The lowest BCUT2D eigenvalue weighted by Gasteiger charge is -2.04. The van der Waals surface area contributed by atoms with Gasteiger partial charge in [-0.2, -0.15) is 11.8 Å². The van der Waals surface area contributed by atoms with Crippen LogP contribution < -0.4 is 0 Å². The SMILES string of the molecule is CCCCn1cc(Cl)nc1CSC. The van der Waals surface area contributed by atoms with E-state index in [9.17, 15) is 0 Å². The lowest BCUT2D eigenvalue weighted by Crippen LogP contribution is -2.01. The topological polar surface area (TPSA) is 17.8 Å². The Kier molecular flexibility index (Phi) is 4.67. The molecule has 0 saturated heterocycles. The van der Waals surface area contributed by atoms with Gasteiger partial charge in [-0.1, -0.05) is 24.9 Å². The maximum absolute atomic E-state index is 5.84. The third-order valence-electron chi connectivity index (χ3n) is 1.86. The zero-order valence-corrected chi connectivity index (χ0v) is 9.66. The molecule has 0 fully saturated rings. The number of nitrogens with zero attached hydrogens (tertiary/aromatic N) is 2. The molecule has 0 amide bonds. The van der Waals surface area contributed by atoms with E-state index in [1.807, 2.05) is 6.20 Å². The fourth-order valence-corrected chi connectivity index (χ4v) is 1.89. The lowest BCUT2D eigenvalue weighted by molar-refractivity contribution is 0.614. The first-order chi connectivity index (χ1) is 6.27. The van der Waals surface area contributed by atoms with E-state index in [-0.39, 0.29) is 0 Å². The van der Waals surface area contributed by atoms with Crippen LogP contribution in [0.25, 0.3) is 0 Å². The first-order valence-electron chi connectivity index (χ1n) is 4.48. The van der Waals surface area contributed by atoms with E-state index in [2.05, 4.69) is 22.7 Å². The van der Waals surface area contributed by atoms with Gasteiger partial charge in [0.2, 0.25) is 0 Å². The highest BCUT2D eigenvalue weighted by molar-refractivity contribution is 7.97. The van der Waals surface area contributed by atoms with Crippen molar-refractivity contribution in [2.45, 2.75) is 32.1 Å². The van der Waals surface area contributed by atoms with Crippen LogP contribution in [0.1, 0.15) is 25.6 Å². The second-order valence-corrected chi connectivity index (χ2v) is 4.21. The van der Waals surface area contributed by atoms with E-state index in [0.717, 1.165) is 18.1 Å². The fraction of sp³-hybridized carbons (Fsp3) is 0.667. The van der Waals surface area contributed by atoms with Crippen LogP contribution >= 0.6 is 23.4 Å². The Balaban J connectivity index is 2.66. The first kappa shape index (κ1) is 10.9. The number of aryl methyl sites for hydroxylation is 1. The Morgan fingerprint density at radius 2 is 2.38 bits per heavy atom. The second-order valence-electron chi connectivity index (χ2n) is 2.96. The molecule has 0 bridgehead atoms. The van der Waals surface area contributed by atoms with E-state index in [1.54, 1.807) is 11.8 Å². The molecule has 0 aliphatic heterocycles. The van der Waals surface area contributed by atoms with Gasteiger partial charge in [0.1, 0.15) is 11.0 Å². The highest BCUT2D eigenvalue weighted by atomic mass is 35.5. The molecule has 1 heterocycles. The number of aromatic nitrogens is 2. The van der Waals surface area contributed by atoms with Gasteiger partial charge in [-0.05, 0) is 12.7 Å². The van der Waals surface area contributed by atoms with Crippen LogP contribution in [0.15, 0.2) is 6.20 Å². The van der Waals surface area contributed by atoms with Gasteiger partial charge in [-0.15, -0.1) is 0 Å². The molecule has 1 aromatic heterocycles. The minimum absolute atomic E-state index is 0.611. The highest BCUT2D eigenvalue weighted by Gasteiger charge is 2.04. The minimum Gasteiger partial charge on any atom is -0.333 e. The molecular formula is C9H15ClN2S. The lowest BCUT2D eigenvalue weighted by atomic mass is 10.3. The summed E-state index contributed by atoms with van der Waals surface area (Å²) in [5.41, 5.74) is 0. The molecule has 1 rings (SSSR count). The van der Waals surface area contributed by atoms with E-state index in [4.69, 9.17) is 11.6 Å². The van der Waals surface area contributed by atoms with Crippen molar-refractivity contribution in [3.05, 3.63) is 17.2 Å².